The number of halogens is 1. The number of ether oxygens (including phenoxy) is 1. The zero-order valence-corrected chi connectivity index (χ0v) is 14.5. The molecule has 2 heterocycles. The van der Waals surface area contributed by atoms with E-state index in [0.29, 0.717) is 25.9 Å². The minimum absolute atomic E-state index is 0. The van der Waals surface area contributed by atoms with Gasteiger partial charge in [-0.05, 0) is 32.6 Å². The number of amides is 2. The Morgan fingerprint density at radius 1 is 1.43 bits per heavy atom. The van der Waals surface area contributed by atoms with Gasteiger partial charge in [0.1, 0.15) is 6.04 Å². The normalized spacial score (nSPS) is 23.9. The second-order valence-corrected chi connectivity index (χ2v) is 6.27. The first-order chi connectivity index (χ1) is 10.4. The van der Waals surface area contributed by atoms with E-state index < -0.39 is 12.0 Å². The summed E-state index contributed by atoms with van der Waals surface area (Å²) in [6.45, 7) is 4.89. The van der Waals surface area contributed by atoms with Gasteiger partial charge in [0.05, 0.1) is 6.61 Å². The predicted octanol–water partition coefficient (Wildman–Crippen LogP) is 0.206. The summed E-state index contributed by atoms with van der Waals surface area (Å²) in [5, 5.41) is 3.07. The van der Waals surface area contributed by atoms with Crippen molar-refractivity contribution in [1.29, 1.82) is 0 Å². The summed E-state index contributed by atoms with van der Waals surface area (Å²) in [4.78, 5) is 37.0. The highest BCUT2D eigenvalue weighted by atomic mass is 35.5. The molecule has 2 aliphatic heterocycles. The van der Waals surface area contributed by atoms with Gasteiger partial charge in [-0.15, -0.1) is 12.4 Å². The number of nitrogens with zero attached hydrogens (tertiary/aromatic N) is 1. The number of nitrogens with two attached hydrogens (primary N) is 1. The van der Waals surface area contributed by atoms with Crippen LogP contribution in [0.5, 0.6) is 0 Å². The lowest BCUT2D eigenvalue weighted by atomic mass is 9.82. The topological polar surface area (TPSA) is 102 Å². The minimum Gasteiger partial charge on any atom is -0.465 e. The summed E-state index contributed by atoms with van der Waals surface area (Å²) in [5.41, 5.74) is 5.57. The average molecular weight is 348 g/mol. The van der Waals surface area contributed by atoms with Crippen molar-refractivity contribution in [2.75, 3.05) is 19.7 Å². The lowest BCUT2D eigenvalue weighted by Gasteiger charge is -2.39. The maximum Gasteiger partial charge on any atom is 0.322 e. The lowest BCUT2D eigenvalue weighted by Crippen LogP contribution is -2.51. The van der Waals surface area contributed by atoms with Crippen LogP contribution in [0.25, 0.3) is 0 Å². The first kappa shape index (κ1) is 19.7. The van der Waals surface area contributed by atoms with Gasteiger partial charge in [-0.3, -0.25) is 14.4 Å². The van der Waals surface area contributed by atoms with Gasteiger partial charge < -0.3 is 20.7 Å². The SMILES string of the molecule is CCOC(=O)C(N)CC1CC2(CCN(C(C)=O)CC2)NC1=O.Cl. The first-order valence-corrected chi connectivity index (χ1v) is 7.86. The molecule has 0 saturated carbocycles. The zero-order valence-electron chi connectivity index (χ0n) is 13.7. The van der Waals surface area contributed by atoms with Crippen LogP contribution in [0.4, 0.5) is 0 Å². The molecule has 0 aliphatic carbocycles. The number of piperidine rings is 1. The number of carbonyl (C=O) groups is 3. The largest absolute Gasteiger partial charge is 0.465 e. The van der Waals surface area contributed by atoms with E-state index in [4.69, 9.17) is 10.5 Å². The number of hydrogen-bond acceptors (Lipinski definition) is 5. The maximum atomic E-state index is 12.2. The van der Waals surface area contributed by atoms with Crippen LogP contribution in [0.15, 0.2) is 0 Å². The van der Waals surface area contributed by atoms with E-state index in [0.717, 1.165) is 12.8 Å². The summed E-state index contributed by atoms with van der Waals surface area (Å²) >= 11 is 0. The molecule has 7 nitrogen and oxygen atoms in total. The quantitative estimate of drug-likeness (QED) is 0.708. The highest BCUT2D eigenvalue weighted by Gasteiger charge is 2.46. The predicted molar refractivity (Wildman–Crippen MR) is 86.9 cm³/mol. The maximum absolute atomic E-state index is 12.2. The van der Waals surface area contributed by atoms with Crippen molar-refractivity contribution in [2.24, 2.45) is 11.7 Å². The van der Waals surface area contributed by atoms with E-state index in [9.17, 15) is 14.4 Å². The van der Waals surface area contributed by atoms with Crippen LogP contribution >= 0.6 is 12.4 Å². The van der Waals surface area contributed by atoms with Gasteiger partial charge in [0.2, 0.25) is 11.8 Å². The number of nitrogens with one attached hydrogen (secondary N) is 1. The molecular weight excluding hydrogens is 322 g/mol. The van der Waals surface area contributed by atoms with Crippen LogP contribution in [0.2, 0.25) is 0 Å². The number of esters is 1. The van der Waals surface area contributed by atoms with Gasteiger partial charge in [0.25, 0.3) is 0 Å². The molecule has 2 saturated heterocycles. The van der Waals surface area contributed by atoms with Crippen molar-refractivity contribution in [3.05, 3.63) is 0 Å². The molecule has 1 spiro atoms. The fourth-order valence-corrected chi connectivity index (χ4v) is 3.40. The standard InChI is InChI=1S/C15H25N3O4.ClH/c1-3-22-14(21)12(16)8-11-9-15(17-13(11)20)4-6-18(7-5-15)10(2)19;/h11-12H,3-9,16H2,1-2H3,(H,17,20);1H. The van der Waals surface area contributed by atoms with Crippen LogP contribution in [0.3, 0.4) is 0 Å². The fraction of sp³-hybridized carbons (Fsp3) is 0.800. The Labute approximate surface area is 142 Å². The highest BCUT2D eigenvalue weighted by molar-refractivity contribution is 5.85. The van der Waals surface area contributed by atoms with Crippen molar-refractivity contribution in [3.63, 3.8) is 0 Å². The Bertz CT molecular complexity index is 464. The van der Waals surface area contributed by atoms with Gasteiger partial charge in [0.15, 0.2) is 0 Å². The van der Waals surface area contributed by atoms with Crippen LogP contribution in [-0.4, -0.2) is 54.0 Å². The Hall–Kier alpha value is -1.34. The molecule has 23 heavy (non-hydrogen) atoms. The Morgan fingerprint density at radius 2 is 2.04 bits per heavy atom. The van der Waals surface area contributed by atoms with Gasteiger partial charge in [-0.2, -0.15) is 0 Å². The summed E-state index contributed by atoms with van der Waals surface area (Å²) in [7, 11) is 0. The number of likely N-dealkylation sites (tertiary alicyclic amines) is 1. The minimum atomic E-state index is -0.761. The third-order valence-corrected chi connectivity index (χ3v) is 4.69. The summed E-state index contributed by atoms with van der Waals surface area (Å²) in [6, 6.07) is -0.761. The van der Waals surface area contributed by atoms with Crippen molar-refractivity contribution in [1.82, 2.24) is 10.2 Å². The molecular formula is C15H26ClN3O4. The van der Waals surface area contributed by atoms with Gasteiger partial charge in [-0.25, -0.2) is 0 Å². The fourth-order valence-electron chi connectivity index (χ4n) is 3.40. The molecule has 0 aromatic heterocycles. The van der Waals surface area contributed by atoms with E-state index >= 15 is 0 Å². The number of carbonyl (C=O) groups excluding carboxylic acids is 3. The first-order valence-electron chi connectivity index (χ1n) is 7.86. The zero-order chi connectivity index (χ0) is 16.3. The van der Waals surface area contributed by atoms with Crippen molar-refractivity contribution in [3.8, 4) is 0 Å². The van der Waals surface area contributed by atoms with Gasteiger partial charge >= 0.3 is 5.97 Å². The molecule has 0 bridgehead atoms. The summed E-state index contributed by atoms with van der Waals surface area (Å²) in [6.07, 6.45) is 2.49. The molecule has 0 aromatic carbocycles. The number of hydrogen-bond donors (Lipinski definition) is 2. The van der Waals surface area contributed by atoms with Crippen molar-refractivity contribution >= 4 is 30.2 Å². The van der Waals surface area contributed by atoms with Crippen LogP contribution in [-0.2, 0) is 19.1 Å². The van der Waals surface area contributed by atoms with E-state index in [1.54, 1.807) is 18.7 Å². The van der Waals surface area contributed by atoms with Gasteiger partial charge in [-0.1, -0.05) is 0 Å². The van der Waals surface area contributed by atoms with Crippen molar-refractivity contribution < 1.29 is 19.1 Å². The van der Waals surface area contributed by atoms with E-state index in [2.05, 4.69) is 5.32 Å². The molecule has 8 heteroatoms. The average Bonchev–Trinajstić information content (AvgIpc) is 2.75. The van der Waals surface area contributed by atoms with Gasteiger partial charge in [0, 0.05) is 31.5 Å². The van der Waals surface area contributed by atoms with E-state index in [1.165, 1.54) is 0 Å². The second-order valence-electron chi connectivity index (χ2n) is 6.27. The van der Waals surface area contributed by atoms with E-state index in [-0.39, 0.29) is 42.3 Å². The molecule has 2 fully saturated rings. The lowest BCUT2D eigenvalue weighted by molar-refractivity contribution is -0.145. The summed E-state index contributed by atoms with van der Waals surface area (Å²) < 4.78 is 4.89. The Balaban J connectivity index is 0.00000264. The Morgan fingerprint density at radius 3 is 2.57 bits per heavy atom. The molecule has 3 N–H and O–H groups in total. The molecule has 0 radical (unpaired) electrons. The van der Waals surface area contributed by atoms with Crippen molar-refractivity contribution in [2.45, 2.75) is 51.1 Å². The molecule has 2 aliphatic rings. The number of rotatable bonds is 4. The second kappa shape index (κ2) is 7.97. The highest BCUT2D eigenvalue weighted by Crippen LogP contribution is 2.36. The Kier molecular flexibility index (Phi) is 6.83. The van der Waals surface area contributed by atoms with Crippen LogP contribution in [0.1, 0.15) is 39.5 Å². The van der Waals surface area contributed by atoms with Crippen LogP contribution in [0, 0.1) is 5.92 Å². The molecule has 2 unspecified atom stereocenters. The molecule has 132 valence electrons. The third kappa shape index (κ3) is 4.57. The third-order valence-electron chi connectivity index (χ3n) is 4.69. The summed E-state index contributed by atoms with van der Waals surface area (Å²) in [5.74, 6) is -0.693. The van der Waals surface area contributed by atoms with Crippen LogP contribution < -0.4 is 11.1 Å². The smallest absolute Gasteiger partial charge is 0.322 e. The monoisotopic (exact) mass is 347 g/mol. The molecule has 2 rings (SSSR count). The molecule has 2 amide bonds. The van der Waals surface area contributed by atoms with E-state index in [1.807, 2.05) is 0 Å². The molecule has 2 atom stereocenters. The molecule has 0 aromatic rings.